The van der Waals surface area contributed by atoms with E-state index < -0.39 is 18.4 Å². The van der Waals surface area contributed by atoms with Gasteiger partial charge >= 0.3 is 5.97 Å². The number of nitrogens with one attached hydrogen (secondary N) is 1. The Morgan fingerprint density at radius 2 is 2.11 bits per heavy atom. The van der Waals surface area contributed by atoms with Crippen molar-refractivity contribution in [2.45, 2.75) is 18.9 Å². The highest BCUT2D eigenvalue weighted by Crippen LogP contribution is 2.32. The molecule has 102 valence electrons. The van der Waals surface area contributed by atoms with Crippen molar-refractivity contribution in [3.05, 3.63) is 29.5 Å². The predicted octanol–water partition coefficient (Wildman–Crippen LogP) is 1.77. The maximum absolute atomic E-state index is 12.9. The van der Waals surface area contributed by atoms with Gasteiger partial charge in [0.1, 0.15) is 11.8 Å². The standard InChI is InChI=1S/C12H12F2N2O3/c13-11(14)10-7(4-8(15)12(18)19)6-3-5(17)1-2-9(6)16-10/h1-3,8,11,16-17H,4,15H2,(H,18,19)/t8-/m0/s1. The fraction of sp³-hybridized carbons (Fsp3) is 0.250. The van der Waals surface area contributed by atoms with E-state index in [1.165, 1.54) is 18.2 Å². The van der Waals surface area contributed by atoms with Gasteiger partial charge in [-0.15, -0.1) is 0 Å². The summed E-state index contributed by atoms with van der Waals surface area (Å²) in [6, 6.07) is 2.84. The van der Waals surface area contributed by atoms with E-state index in [1.807, 2.05) is 0 Å². The topological polar surface area (TPSA) is 99.3 Å². The average Bonchev–Trinajstić information content (AvgIpc) is 2.67. The molecule has 0 saturated carbocycles. The zero-order valence-electron chi connectivity index (χ0n) is 9.73. The van der Waals surface area contributed by atoms with Crippen LogP contribution in [-0.2, 0) is 11.2 Å². The molecular weight excluding hydrogens is 258 g/mol. The van der Waals surface area contributed by atoms with Crippen LogP contribution in [0, 0.1) is 0 Å². The molecule has 0 bridgehead atoms. The number of aromatic amines is 1. The number of alkyl halides is 2. The van der Waals surface area contributed by atoms with Crippen molar-refractivity contribution in [3.8, 4) is 5.75 Å². The molecule has 1 atom stereocenters. The number of hydrogen-bond acceptors (Lipinski definition) is 3. The van der Waals surface area contributed by atoms with Crippen LogP contribution in [0.4, 0.5) is 8.78 Å². The van der Waals surface area contributed by atoms with E-state index >= 15 is 0 Å². The molecule has 0 aliphatic carbocycles. The first-order valence-corrected chi connectivity index (χ1v) is 5.50. The number of fused-ring (bicyclic) bond motifs is 1. The molecule has 0 fully saturated rings. The van der Waals surface area contributed by atoms with Gasteiger partial charge in [-0.05, 0) is 23.8 Å². The van der Waals surface area contributed by atoms with Gasteiger partial charge in [0.05, 0.1) is 5.69 Å². The lowest BCUT2D eigenvalue weighted by molar-refractivity contribution is -0.138. The molecule has 0 unspecified atom stereocenters. The van der Waals surface area contributed by atoms with Crippen molar-refractivity contribution < 1.29 is 23.8 Å². The molecule has 0 aliphatic rings. The second-order valence-electron chi connectivity index (χ2n) is 4.20. The number of benzene rings is 1. The van der Waals surface area contributed by atoms with Gasteiger partial charge in [0, 0.05) is 17.3 Å². The van der Waals surface area contributed by atoms with Crippen molar-refractivity contribution in [1.82, 2.24) is 4.98 Å². The van der Waals surface area contributed by atoms with Crippen molar-refractivity contribution in [2.75, 3.05) is 0 Å². The summed E-state index contributed by atoms with van der Waals surface area (Å²) < 4.78 is 25.9. The normalized spacial score (nSPS) is 13.1. The number of aliphatic carboxylic acids is 1. The fourth-order valence-electron chi connectivity index (χ4n) is 1.97. The number of halogens is 2. The predicted molar refractivity (Wildman–Crippen MR) is 64.2 cm³/mol. The van der Waals surface area contributed by atoms with Crippen LogP contribution in [0.15, 0.2) is 18.2 Å². The quantitative estimate of drug-likeness (QED) is 0.680. The number of rotatable bonds is 4. The van der Waals surface area contributed by atoms with Gasteiger partial charge in [0.2, 0.25) is 0 Å². The SMILES string of the molecule is N[C@@H](Cc1c(C(F)F)[nH]c2ccc(O)cc12)C(=O)O. The highest BCUT2D eigenvalue weighted by molar-refractivity contribution is 5.87. The van der Waals surface area contributed by atoms with E-state index in [1.54, 1.807) is 0 Å². The van der Waals surface area contributed by atoms with Crippen LogP contribution < -0.4 is 5.73 Å². The fourth-order valence-corrected chi connectivity index (χ4v) is 1.97. The largest absolute Gasteiger partial charge is 0.508 e. The molecular formula is C12H12F2N2O3. The molecule has 0 spiro atoms. The summed E-state index contributed by atoms with van der Waals surface area (Å²) in [7, 11) is 0. The number of aromatic hydroxyl groups is 1. The van der Waals surface area contributed by atoms with Crippen LogP contribution in [-0.4, -0.2) is 27.2 Å². The van der Waals surface area contributed by atoms with Crippen molar-refractivity contribution in [2.24, 2.45) is 5.73 Å². The second-order valence-corrected chi connectivity index (χ2v) is 4.20. The lowest BCUT2D eigenvalue weighted by Crippen LogP contribution is -2.32. The molecule has 0 aliphatic heterocycles. The van der Waals surface area contributed by atoms with E-state index in [0.29, 0.717) is 10.9 Å². The molecule has 0 amide bonds. The maximum Gasteiger partial charge on any atom is 0.320 e. The van der Waals surface area contributed by atoms with Crippen LogP contribution in [0.25, 0.3) is 10.9 Å². The van der Waals surface area contributed by atoms with Crippen molar-refractivity contribution in [1.29, 1.82) is 0 Å². The van der Waals surface area contributed by atoms with Crippen LogP contribution in [0.1, 0.15) is 17.7 Å². The van der Waals surface area contributed by atoms with Crippen LogP contribution >= 0.6 is 0 Å². The first-order chi connectivity index (χ1) is 8.90. The number of carbonyl (C=O) groups is 1. The molecule has 1 aromatic heterocycles. The minimum absolute atomic E-state index is 0.0857. The number of hydrogen-bond donors (Lipinski definition) is 4. The number of phenolic OH excluding ortho intramolecular Hbond substituents is 1. The van der Waals surface area contributed by atoms with Gasteiger partial charge in [-0.1, -0.05) is 0 Å². The monoisotopic (exact) mass is 270 g/mol. The van der Waals surface area contributed by atoms with Gasteiger partial charge in [0.15, 0.2) is 0 Å². The Labute approximate surface area is 106 Å². The molecule has 7 heteroatoms. The van der Waals surface area contributed by atoms with E-state index in [2.05, 4.69) is 4.98 Å². The number of phenols is 1. The minimum Gasteiger partial charge on any atom is -0.508 e. The lowest BCUT2D eigenvalue weighted by atomic mass is 10.0. The summed E-state index contributed by atoms with van der Waals surface area (Å²) in [6.07, 6.45) is -3.01. The van der Waals surface area contributed by atoms with Gasteiger partial charge in [-0.3, -0.25) is 4.79 Å². The molecule has 1 aromatic carbocycles. The highest BCUT2D eigenvalue weighted by atomic mass is 19.3. The summed E-state index contributed by atoms with van der Waals surface area (Å²) in [5.41, 5.74) is 5.55. The zero-order chi connectivity index (χ0) is 14.2. The first kappa shape index (κ1) is 13.3. The summed E-state index contributed by atoms with van der Waals surface area (Å²) in [6.45, 7) is 0. The van der Waals surface area contributed by atoms with Crippen LogP contribution in [0.3, 0.4) is 0 Å². The third kappa shape index (κ3) is 2.50. The zero-order valence-corrected chi connectivity index (χ0v) is 9.73. The Bertz CT molecular complexity index is 625. The number of aromatic nitrogens is 1. The van der Waals surface area contributed by atoms with Gasteiger partial charge < -0.3 is 20.9 Å². The molecule has 2 rings (SSSR count). The summed E-state index contributed by atoms with van der Waals surface area (Å²) >= 11 is 0. The Hall–Kier alpha value is -2.15. The Morgan fingerprint density at radius 1 is 1.42 bits per heavy atom. The van der Waals surface area contributed by atoms with Gasteiger partial charge in [-0.2, -0.15) is 0 Å². The van der Waals surface area contributed by atoms with E-state index in [0.717, 1.165) is 0 Å². The maximum atomic E-state index is 12.9. The second kappa shape index (κ2) is 4.85. The minimum atomic E-state index is -2.77. The third-order valence-corrected chi connectivity index (χ3v) is 2.88. The molecule has 0 saturated heterocycles. The summed E-state index contributed by atoms with van der Waals surface area (Å²) in [4.78, 5) is 13.3. The van der Waals surface area contributed by atoms with Gasteiger partial charge in [0.25, 0.3) is 6.43 Å². The smallest absolute Gasteiger partial charge is 0.320 e. The molecule has 1 heterocycles. The van der Waals surface area contributed by atoms with Crippen LogP contribution in [0.2, 0.25) is 0 Å². The number of H-pyrrole nitrogens is 1. The van der Waals surface area contributed by atoms with Gasteiger partial charge in [-0.25, -0.2) is 8.78 Å². The average molecular weight is 270 g/mol. The van der Waals surface area contributed by atoms with E-state index in [-0.39, 0.29) is 23.4 Å². The molecule has 5 N–H and O–H groups in total. The van der Waals surface area contributed by atoms with E-state index in [4.69, 9.17) is 10.8 Å². The molecule has 2 aromatic rings. The Morgan fingerprint density at radius 3 is 2.68 bits per heavy atom. The lowest BCUT2D eigenvalue weighted by Gasteiger charge is -2.08. The molecule has 5 nitrogen and oxygen atoms in total. The number of nitrogens with two attached hydrogens (primary N) is 1. The Balaban J connectivity index is 2.57. The number of carboxylic acids is 1. The van der Waals surface area contributed by atoms with Crippen LogP contribution in [0.5, 0.6) is 5.75 Å². The highest BCUT2D eigenvalue weighted by Gasteiger charge is 2.23. The summed E-state index contributed by atoms with van der Waals surface area (Å²) in [5, 5.41) is 18.5. The molecule has 0 radical (unpaired) electrons. The first-order valence-electron chi connectivity index (χ1n) is 5.50. The summed E-state index contributed by atoms with van der Waals surface area (Å²) in [5.74, 6) is -1.35. The Kier molecular flexibility index (Phi) is 3.39. The van der Waals surface area contributed by atoms with E-state index in [9.17, 15) is 18.7 Å². The van der Waals surface area contributed by atoms with Crippen molar-refractivity contribution in [3.63, 3.8) is 0 Å². The third-order valence-electron chi connectivity index (χ3n) is 2.88. The van der Waals surface area contributed by atoms with Crippen molar-refractivity contribution >= 4 is 16.9 Å². The number of carboxylic acid groups (broad SMARTS) is 1. The molecule has 19 heavy (non-hydrogen) atoms.